The van der Waals surface area contributed by atoms with Gasteiger partial charge in [0.1, 0.15) is 18.5 Å². The summed E-state index contributed by atoms with van der Waals surface area (Å²) in [6.07, 6.45) is 1.80. The number of hydrogen-bond acceptors (Lipinski definition) is 4. The lowest BCUT2D eigenvalue weighted by molar-refractivity contribution is 0.108. The van der Waals surface area contributed by atoms with E-state index < -0.39 is 6.10 Å². The number of nitrogens with one attached hydrogen (secondary N) is 1. The van der Waals surface area contributed by atoms with Crippen LogP contribution in [-0.4, -0.2) is 26.9 Å². The molecular formula is C21H25N3O3. The van der Waals surface area contributed by atoms with Gasteiger partial charge < -0.3 is 15.2 Å². The largest absolute Gasteiger partial charge is 0.491 e. The second-order valence-corrected chi connectivity index (χ2v) is 7.27. The summed E-state index contributed by atoms with van der Waals surface area (Å²) in [4.78, 5) is 12.0. The fourth-order valence-electron chi connectivity index (χ4n) is 3.26. The van der Waals surface area contributed by atoms with E-state index in [0.29, 0.717) is 6.04 Å². The van der Waals surface area contributed by atoms with Crippen molar-refractivity contribution in [1.82, 2.24) is 14.5 Å². The molecule has 0 radical (unpaired) electrons. The molecule has 2 aromatic carbocycles. The van der Waals surface area contributed by atoms with Crippen LogP contribution in [0, 0.1) is 0 Å². The molecule has 0 amide bonds. The molecule has 0 bridgehead atoms. The van der Waals surface area contributed by atoms with E-state index >= 15 is 0 Å². The number of aromatic nitrogens is 2. The first-order valence-corrected chi connectivity index (χ1v) is 9.31. The third kappa shape index (κ3) is 3.77. The average molecular weight is 367 g/mol. The predicted octanol–water partition coefficient (Wildman–Crippen LogP) is 2.24. The van der Waals surface area contributed by atoms with Crippen LogP contribution >= 0.6 is 0 Å². The molecule has 1 heterocycles. The maximum atomic E-state index is 12.0. The molecule has 1 aliphatic carbocycles. The molecule has 27 heavy (non-hydrogen) atoms. The number of benzene rings is 2. The molecule has 6 heteroatoms. The van der Waals surface area contributed by atoms with Crippen LogP contribution in [0.2, 0.25) is 0 Å². The predicted molar refractivity (Wildman–Crippen MR) is 105 cm³/mol. The van der Waals surface area contributed by atoms with Crippen molar-refractivity contribution in [3.05, 3.63) is 64.1 Å². The van der Waals surface area contributed by atoms with Crippen LogP contribution in [0.15, 0.2) is 47.3 Å². The lowest BCUT2D eigenvalue weighted by Gasteiger charge is -2.13. The summed E-state index contributed by atoms with van der Waals surface area (Å²) >= 11 is 0. The van der Waals surface area contributed by atoms with Gasteiger partial charge in [0.25, 0.3) is 0 Å². The maximum Gasteiger partial charge on any atom is 0.328 e. The van der Waals surface area contributed by atoms with Crippen molar-refractivity contribution in [3.8, 4) is 5.75 Å². The first kappa shape index (κ1) is 17.8. The molecule has 0 spiro atoms. The highest BCUT2D eigenvalue weighted by Crippen LogP contribution is 2.22. The van der Waals surface area contributed by atoms with Crippen LogP contribution in [-0.2, 0) is 20.6 Å². The van der Waals surface area contributed by atoms with Gasteiger partial charge in [-0.2, -0.15) is 0 Å². The zero-order valence-corrected chi connectivity index (χ0v) is 15.7. The number of rotatable bonds is 7. The van der Waals surface area contributed by atoms with Gasteiger partial charge in [-0.1, -0.05) is 18.2 Å². The molecule has 4 rings (SSSR count). The Morgan fingerprint density at radius 3 is 2.52 bits per heavy atom. The Hall–Kier alpha value is -2.57. The van der Waals surface area contributed by atoms with Crippen molar-refractivity contribution in [2.45, 2.75) is 31.5 Å². The number of imidazole rings is 1. The first-order valence-electron chi connectivity index (χ1n) is 9.31. The molecule has 1 aromatic heterocycles. The van der Waals surface area contributed by atoms with Crippen molar-refractivity contribution in [1.29, 1.82) is 0 Å². The van der Waals surface area contributed by atoms with Crippen LogP contribution in [0.1, 0.15) is 30.1 Å². The van der Waals surface area contributed by atoms with Gasteiger partial charge in [0.2, 0.25) is 0 Å². The van der Waals surface area contributed by atoms with E-state index in [1.54, 1.807) is 23.2 Å². The van der Waals surface area contributed by atoms with Gasteiger partial charge in [-0.3, -0.25) is 9.13 Å². The van der Waals surface area contributed by atoms with Crippen molar-refractivity contribution < 1.29 is 9.84 Å². The first-order chi connectivity index (χ1) is 13.0. The molecule has 142 valence electrons. The van der Waals surface area contributed by atoms with Crippen LogP contribution in [0.4, 0.5) is 0 Å². The minimum Gasteiger partial charge on any atom is -0.491 e. The Morgan fingerprint density at radius 1 is 1.11 bits per heavy atom. The van der Waals surface area contributed by atoms with Crippen LogP contribution in [0.5, 0.6) is 5.75 Å². The molecule has 6 nitrogen and oxygen atoms in total. The fraction of sp³-hybridized carbons (Fsp3) is 0.381. The summed E-state index contributed by atoms with van der Waals surface area (Å²) < 4.78 is 8.93. The van der Waals surface area contributed by atoms with Crippen molar-refractivity contribution in [2.24, 2.45) is 14.1 Å². The van der Waals surface area contributed by atoms with Crippen LogP contribution in [0.25, 0.3) is 11.0 Å². The second kappa shape index (κ2) is 7.21. The van der Waals surface area contributed by atoms with E-state index in [9.17, 15) is 9.90 Å². The van der Waals surface area contributed by atoms with E-state index in [0.717, 1.165) is 28.9 Å². The normalized spacial score (nSPS) is 15.2. The van der Waals surface area contributed by atoms with Gasteiger partial charge in [0.05, 0.1) is 11.0 Å². The summed E-state index contributed by atoms with van der Waals surface area (Å²) in [5.41, 5.74) is 3.52. The minimum absolute atomic E-state index is 0.0795. The number of hydrogen-bond donors (Lipinski definition) is 2. The number of fused-ring (bicyclic) bond motifs is 1. The molecule has 1 aliphatic rings. The zero-order chi connectivity index (χ0) is 19.0. The average Bonchev–Trinajstić information content (AvgIpc) is 3.50. The van der Waals surface area contributed by atoms with Gasteiger partial charge in [0.15, 0.2) is 0 Å². The van der Waals surface area contributed by atoms with Crippen LogP contribution in [0.3, 0.4) is 0 Å². The Labute approximate surface area is 158 Å². The van der Waals surface area contributed by atoms with Crippen LogP contribution < -0.4 is 15.7 Å². The Morgan fingerprint density at radius 2 is 1.81 bits per heavy atom. The summed E-state index contributed by atoms with van der Waals surface area (Å²) in [5, 5.41) is 14.0. The lowest BCUT2D eigenvalue weighted by Crippen LogP contribution is -2.19. The van der Waals surface area contributed by atoms with Crippen molar-refractivity contribution >= 4 is 11.0 Å². The van der Waals surface area contributed by atoms with Gasteiger partial charge in [-0.25, -0.2) is 4.79 Å². The Balaban J connectivity index is 1.40. The second-order valence-electron chi connectivity index (χ2n) is 7.27. The topological polar surface area (TPSA) is 68.4 Å². The summed E-state index contributed by atoms with van der Waals surface area (Å²) in [6, 6.07) is 14.2. The number of aliphatic hydroxyl groups is 1. The molecule has 3 aromatic rings. The van der Waals surface area contributed by atoms with E-state index in [-0.39, 0.29) is 12.3 Å². The molecule has 1 saturated carbocycles. The van der Waals surface area contributed by atoms with Crippen molar-refractivity contribution in [3.63, 3.8) is 0 Å². The fourth-order valence-corrected chi connectivity index (χ4v) is 3.26. The molecule has 1 atom stereocenters. The summed E-state index contributed by atoms with van der Waals surface area (Å²) in [5.74, 6) is 0.734. The lowest BCUT2D eigenvalue weighted by atomic mass is 10.1. The number of ether oxygens (including phenoxy) is 1. The van der Waals surface area contributed by atoms with Gasteiger partial charge in [-0.05, 0) is 48.2 Å². The SMILES string of the molecule is Cn1c(=O)n(C)c2cc([C@H](O)COc3ccc(CNC4CC4)cc3)ccc21. The third-order valence-corrected chi connectivity index (χ3v) is 5.18. The van der Waals surface area contributed by atoms with Gasteiger partial charge in [-0.15, -0.1) is 0 Å². The summed E-state index contributed by atoms with van der Waals surface area (Å²) in [6.45, 7) is 1.04. The van der Waals surface area contributed by atoms with Gasteiger partial charge in [0, 0.05) is 26.7 Å². The highest BCUT2D eigenvalue weighted by Gasteiger charge is 2.19. The Kier molecular flexibility index (Phi) is 4.76. The quantitative estimate of drug-likeness (QED) is 0.672. The number of aliphatic hydroxyl groups excluding tert-OH is 1. The molecule has 2 N–H and O–H groups in total. The minimum atomic E-state index is -0.763. The number of aryl methyl sites for hydroxylation is 2. The van der Waals surface area contributed by atoms with E-state index in [4.69, 9.17) is 4.74 Å². The third-order valence-electron chi connectivity index (χ3n) is 5.18. The molecule has 0 unspecified atom stereocenters. The zero-order valence-electron chi connectivity index (χ0n) is 15.7. The number of nitrogens with zero attached hydrogens (tertiary/aromatic N) is 2. The van der Waals surface area contributed by atoms with E-state index in [2.05, 4.69) is 5.32 Å². The highest BCUT2D eigenvalue weighted by molar-refractivity contribution is 5.76. The molecule has 1 fully saturated rings. The van der Waals surface area contributed by atoms with Crippen molar-refractivity contribution in [2.75, 3.05) is 6.61 Å². The molecular weight excluding hydrogens is 342 g/mol. The Bertz CT molecular complexity index is 1000. The maximum absolute atomic E-state index is 12.0. The summed E-state index contributed by atoms with van der Waals surface area (Å²) in [7, 11) is 3.48. The van der Waals surface area contributed by atoms with Gasteiger partial charge >= 0.3 is 5.69 Å². The molecule has 0 saturated heterocycles. The standard InChI is InChI=1S/C21H25N3O3/c1-23-18-10-5-15(11-19(18)24(2)21(23)26)20(25)13-27-17-8-3-14(4-9-17)12-22-16-6-7-16/h3-5,8-11,16,20,22,25H,6-7,12-13H2,1-2H3/t20-/m1/s1. The monoisotopic (exact) mass is 367 g/mol. The highest BCUT2D eigenvalue weighted by atomic mass is 16.5. The molecule has 0 aliphatic heterocycles. The van der Waals surface area contributed by atoms with E-state index in [1.807, 2.05) is 42.5 Å². The van der Waals surface area contributed by atoms with E-state index in [1.165, 1.54) is 18.4 Å². The smallest absolute Gasteiger partial charge is 0.328 e.